The van der Waals surface area contributed by atoms with Crippen molar-refractivity contribution in [2.45, 2.75) is 26.4 Å². The van der Waals surface area contributed by atoms with E-state index in [0.717, 1.165) is 6.07 Å². The van der Waals surface area contributed by atoms with Crippen LogP contribution < -0.4 is 20.1 Å². The summed E-state index contributed by atoms with van der Waals surface area (Å²) >= 11 is 0. The maximum atomic E-state index is 14.1. The highest BCUT2D eigenvalue weighted by Crippen LogP contribution is 2.29. The van der Waals surface area contributed by atoms with E-state index in [1.54, 1.807) is 20.8 Å². The number of halogens is 1. The summed E-state index contributed by atoms with van der Waals surface area (Å²) in [5.41, 5.74) is -0.440. The number of carbonyl (C=O) groups is 3. The molecular weight excluding hydrogens is 423 g/mol. The number of esters is 1. The molecule has 0 unspecified atom stereocenters. The Labute approximate surface area is 184 Å². The second-order valence-electron chi connectivity index (χ2n) is 7.51. The van der Waals surface area contributed by atoms with Crippen molar-refractivity contribution in [3.8, 4) is 11.5 Å². The van der Waals surface area contributed by atoms with Gasteiger partial charge < -0.3 is 24.3 Å². The monoisotopic (exact) mass is 448 g/mol. The van der Waals surface area contributed by atoms with Gasteiger partial charge >= 0.3 is 12.1 Å². The summed E-state index contributed by atoms with van der Waals surface area (Å²) in [5.74, 6) is -1.30. The smallest absolute Gasteiger partial charge is 0.412 e. The molecule has 0 fully saturated rings. The molecule has 0 saturated heterocycles. The third kappa shape index (κ3) is 7.15. The van der Waals surface area contributed by atoms with Crippen LogP contribution in [0.25, 0.3) is 0 Å². The molecule has 172 valence electrons. The predicted molar refractivity (Wildman–Crippen MR) is 115 cm³/mol. The molecule has 0 bridgehead atoms. The molecule has 2 N–H and O–H groups in total. The Hall–Kier alpha value is -3.82. The summed E-state index contributed by atoms with van der Waals surface area (Å²) in [5, 5.41) is 4.92. The number of ether oxygens (including phenoxy) is 4. The van der Waals surface area contributed by atoms with Gasteiger partial charge in [-0.25, -0.2) is 14.0 Å². The van der Waals surface area contributed by atoms with Crippen LogP contribution in [-0.2, 0) is 14.3 Å². The van der Waals surface area contributed by atoms with Crippen LogP contribution in [0.3, 0.4) is 0 Å². The molecule has 2 aromatic rings. The number of methoxy groups -OCH3 is 2. The van der Waals surface area contributed by atoms with Crippen molar-refractivity contribution in [3.05, 3.63) is 47.8 Å². The van der Waals surface area contributed by atoms with Gasteiger partial charge in [-0.2, -0.15) is 0 Å². The van der Waals surface area contributed by atoms with Gasteiger partial charge in [0.1, 0.15) is 11.4 Å². The van der Waals surface area contributed by atoms with Crippen molar-refractivity contribution in [2.75, 3.05) is 31.5 Å². The molecule has 0 aliphatic rings. The van der Waals surface area contributed by atoms with E-state index in [1.807, 2.05) is 0 Å². The predicted octanol–water partition coefficient (Wildman–Crippen LogP) is 3.99. The van der Waals surface area contributed by atoms with Gasteiger partial charge in [-0.3, -0.25) is 10.1 Å². The van der Waals surface area contributed by atoms with Crippen LogP contribution in [0.2, 0.25) is 0 Å². The minimum Gasteiger partial charge on any atom is -0.493 e. The minimum atomic E-state index is -0.827. The lowest BCUT2D eigenvalue weighted by molar-refractivity contribution is -0.142. The van der Waals surface area contributed by atoms with Crippen molar-refractivity contribution >= 4 is 29.3 Å². The highest BCUT2D eigenvalue weighted by Gasteiger charge is 2.18. The van der Waals surface area contributed by atoms with Gasteiger partial charge in [0.25, 0.3) is 5.91 Å². The molecule has 0 heterocycles. The van der Waals surface area contributed by atoms with Crippen molar-refractivity contribution in [2.24, 2.45) is 0 Å². The number of rotatable bonds is 7. The van der Waals surface area contributed by atoms with Gasteiger partial charge in [-0.05, 0) is 57.2 Å². The molecule has 10 heteroatoms. The van der Waals surface area contributed by atoms with Gasteiger partial charge in [0.05, 0.1) is 19.9 Å². The summed E-state index contributed by atoms with van der Waals surface area (Å²) in [6.07, 6.45) is -0.827. The Balaban J connectivity index is 2.13. The van der Waals surface area contributed by atoms with Crippen LogP contribution in [-0.4, -0.2) is 44.4 Å². The van der Waals surface area contributed by atoms with Gasteiger partial charge in [0.15, 0.2) is 18.1 Å². The van der Waals surface area contributed by atoms with Crippen LogP contribution in [0.15, 0.2) is 36.4 Å². The number of carbonyl (C=O) groups excluding carboxylic acids is 3. The molecule has 0 aliphatic heterocycles. The average molecular weight is 448 g/mol. The molecule has 2 amide bonds. The molecule has 0 saturated carbocycles. The van der Waals surface area contributed by atoms with Crippen molar-refractivity contribution in [3.63, 3.8) is 0 Å². The molecule has 0 spiro atoms. The summed E-state index contributed by atoms with van der Waals surface area (Å²) in [6.45, 7) is 4.72. The van der Waals surface area contributed by atoms with Crippen LogP contribution >= 0.6 is 0 Å². The topological polar surface area (TPSA) is 112 Å². The average Bonchev–Trinajstić information content (AvgIpc) is 2.72. The zero-order valence-corrected chi connectivity index (χ0v) is 18.4. The molecule has 0 aliphatic carbocycles. The maximum Gasteiger partial charge on any atom is 0.412 e. The Morgan fingerprint density at radius 3 is 2.31 bits per heavy atom. The number of amides is 2. The van der Waals surface area contributed by atoms with Crippen LogP contribution in [0.1, 0.15) is 31.1 Å². The first-order chi connectivity index (χ1) is 15.0. The molecule has 0 radical (unpaired) electrons. The van der Waals surface area contributed by atoms with Crippen LogP contribution in [0, 0.1) is 5.82 Å². The van der Waals surface area contributed by atoms with E-state index in [1.165, 1.54) is 44.6 Å². The van der Waals surface area contributed by atoms with Crippen LogP contribution in [0.4, 0.5) is 20.6 Å². The Kier molecular flexibility index (Phi) is 8.00. The van der Waals surface area contributed by atoms with E-state index in [4.69, 9.17) is 14.2 Å². The molecule has 32 heavy (non-hydrogen) atoms. The zero-order chi connectivity index (χ0) is 23.9. The fourth-order valence-corrected chi connectivity index (χ4v) is 2.44. The minimum absolute atomic E-state index is 0.152. The lowest BCUT2D eigenvalue weighted by atomic mass is 10.1. The number of anilines is 2. The van der Waals surface area contributed by atoms with Gasteiger partial charge in [-0.1, -0.05) is 0 Å². The zero-order valence-electron chi connectivity index (χ0n) is 18.4. The maximum absolute atomic E-state index is 14.1. The van der Waals surface area contributed by atoms with Gasteiger partial charge in [0, 0.05) is 11.3 Å². The third-order valence-electron chi connectivity index (χ3n) is 3.86. The van der Waals surface area contributed by atoms with E-state index in [0.29, 0.717) is 0 Å². The number of hydrogen-bond donors (Lipinski definition) is 2. The van der Waals surface area contributed by atoms with E-state index < -0.39 is 29.4 Å². The highest BCUT2D eigenvalue weighted by atomic mass is 19.1. The van der Waals surface area contributed by atoms with Crippen molar-refractivity contribution in [1.82, 2.24) is 0 Å². The first kappa shape index (κ1) is 24.4. The van der Waals surface area contributed by atoms with Gasteiger partial charge in [-0.15, -0.1) is 0 Å². The Bertz CT molecular complexity index is 1000. The number of hydrogen-bond acceptors (Lipinski definition) is 7. The van der Waals surface area contributed by atoms with E-state index in [-0.39, 0.29) is 35.0 Å². The standard InChI is InChI=1S/C22H25FN2O7/c1-22(2,3)32-21(28)25-16-11-14(7-8-15(16)23)24-20(27)13-6-9-17(18(10-13)29-4)31-12-19(26)30-5/h6-11H,12H2,1-5H3,(H,24,27)(H,25,28). The normalized spacial score (nSPS) is 10.7. The second-order valence-corrected chi connectivity index (χ2v) is 7.51. The largest absolute Gasteiger partial charge is 0.493 e. The lowest BCUT2D eigenvalue weighted by Gasteiger charge is -2.20. The number of nitrogens with one attached hydrogen (secondary N) is 2. The van der Waals surface area contributed by atoms with Crippen molar-refractivity contribution < 1.29 is 37.7 Å². The summed E-state index contributed by atoms with van der Waals surface area (Å²) in [6, 6.07) is 8.07. The second kappa shape index (κ2) is 10.5. The summed E-state index contributed by atoms with van der Waals surface area (Å²) in [4.78, 5) is 35.8. The highest BCUT2D eigenvalue weighted by molar-refractivity contribution is 6.05. The Morgan fingerprint density at radius 2 is 1.69 bits per heavy atom. The van der Waals surface area contributed by atoms with E-state index in [9.17, 15) is 18.8 Å². The molecule has 9 nitrogen and oxygen atoms in total. The van der Waals surface area contributed by atoms with Crippen molar-refractivity contribution in [1.29, 1.82) is 0 Å². The van der Waals surface area contributed by atoms with Crippen LogP contribution in [0.5, 0.6) is 11.5 Å². The molecule has 0 atom stereocenters. The summed E-state index contributed by atoms with van der Waals surface area (Å²) in [7, 11) is 2.62. The fourth-order valence-electron chi connectivity index (χ4n) is 2.44. The SMILES string of the molecule is COC(=O)COc1ccc(C(=O)Nc2ccc(F)c(NC(=O)OC(C)(C)C)c2)cc1OC. The molecular formula is C22H25FN2O7. The molecule has 2 rings (SSSR count). The molecule has 0 aromatic heterocycles. The quantitative estimate of drug-likeness (QED) is 0.616. The number of benzene rings is 2. The first-order valence-corrected chi connectivity index (χ1v) is 9.51. The first-order valence-electron chi connectivity index (χ1n) is 9.51. The van der Waals surface area contributed by atoms with E-state index >= 15 is 0 Å². The Morgan fingerprint density at radius 1 is 0.969 bits per heavy atom. The third-order valence-corrected chi connectivity index (χ3v) is 3.86. The molecule has 2 aromatic carbocycles. The summed E-state index contributed by atoms with van der Waals surface area (Å²) < 4.78 is 34.2. The van der Waals surface area contributed by atoms with E-state index in [2.05, 4.69) is 15.4 Å². The lowest BCUT2D eigenvalue weighted by Crippen LogP contribution is -2.27. The van der Waals surface area contributed by atoms with Gasteiger partial charge in [0.2, 0.25) is 0 Å². The fraction of sp³-hybridized carbons (Fsp3) is 0.318.